The van der Waals surface area contributed by atoms with Crippen LogP contribution < -0.4 is 10.9 Å². The summed E-state index contributed by atoms with van der Waals surface area (Å²) in [5, 5.41) is 20.5. The van der Waals surface area contributed by atoms with Crippen LogP contribution >= 0.6 is 0 Å². The predicted molar refractivity (Wildman–Crippen MR) is 62.0 cm³/mol. The molecule has 0 aromatic carbocycles. The van der Waals surface area contributed by atoms with Crippen molar-refractivity contribution in [3.8, 4) is 5.88 Å². The van der Waals surface area contributed by atoms with E-state index in [2.05, 4.69) is 10.3 Å². The Kier molecular flexibility index (Phi) is 4.71. The molecule has 0 saturated carbocycles. The van der Waals surface area contributed by atoms with Gasteiger partial charge in [-0.15, -0.1) is 0 Å². The highest BCUT2D eigenvalue weighted by Crippen LogP contribution is 2.05. The van der Waals surface area contributed by atoms with E-state index in [1.165, 1.54) is 6.07 Å². The minimum Gasteiger partial charge on any atom is -0.494 e. The monoisotopic (exact) mass is 240 g/mol. The number of aromatic amines is 1. The Balaban J connectivity index is 2.66. The molecule has 1 aromatic heterocycles. The van der Waals surface area contributed by atoms with Gasteiger partial charge in [-0.2, -0.15) is 0 Å². The molecule has 0 aliphatic rings. The van der Waals surface area contributed by atoms with E-state index in [1.54, 1.807) is 6.92 Å². The zero-order valence-corrected chi connectivity index (χ0v) is 9.56. The van der Waals surface area contributed by atoms with E-state index in [4.69, 9.17) is 10.2 Å². The quantitative estimate of drug-likeness (QED) is 0.580. The SMILES string of the molecule is CC(CCCO)NC(=O)c1cc(O)[nH]c(=O)c1. The zero-order chi connectivity index (χ0) is 12.8. The number of nitrogens with one attached hydrogen (secondary N) is 2. The number of pyridine rings is 1. The van der Waals surface area contributed by atoms with E-state index < -0.39 is 11.5 Å². The standard InChI is InChI=1S/C11H16N2O4/c1-7(3-2-4-14)12-11(17)8-5-9(15)13-10(16)6-8/h5-7,14H,2-4H2,1H3,(H,12,17)(H2,13,15,16). The third kappa shape index (κ3) is 4.28. The van der Waals surface area contributed by atoms with Gasteiger partial charge >= 0.3 is 0 Å². The number of hydrogen-bond acceptors (Lipinski definition) is 4. The molecule has 0 bridgehead atoms. The van der Waals surface area contributed by atoms with Gasteiger partial charge in [0.2, 0.25) is 0 Å². The third-order valence-electron chi connectivity index (χ3n) is 2.27. The molecule has 1 rings (SSSR count). The Hall–Kier alpha value is -1.82. The van der Waals surface area contributed by atoms with Gasteiger partial charge < -0.3 is 15.5 Å². The number of hydrogen-bond donors (Lipinski definition) is 4. The largest absolute Gasteiger partial charge is 0.494 e. The van der Waals surface area contributed by atoms with E-state index in [0.717, 1.165) is 6.07 Å². The maximum atomic E-state index is 11.7. The molecule has 17 heavy (non-hydrogen) atoms. The number of aliphatic hydroxyl groups excluding tert-OH is 1. The van der Waals surface area contributed by atoms with Gasteiger partial charge in [0.25, 0.3) is 11.5 Å². The van der Waals surface area contributed by atoms with Crippen LogP contribution in [0.5, 0.6) is 5.88 Å². The molecule has 4 N–H and O–H groups in total. The molecule has 0 aliphatic heterocycles. The Morgan fingerprint density at radius 2 is 2.24 bits per heavy atom. The lowest BCUT2D eigenvalue weighted by Crippen LogP contribution is -2.33. The van der Waals surface area contributed by atoms with Crippen LogP contribution in [0, 0.1) is 0 Å². The van der Waals surface area contributed by atoms with Crippen molar-refractivity contribution in [2.24, 2.45) is 0 Å². The van der Waals surface area contributed by atoms with E-state index in [-0.39, 0.29) is 24.1 Å². The van der Waals surface area contributed by atoms with Crippen molar-refractivity contribution in [1.29, 1.82) is 0 Å². The molecule has 94 valence electrons. The molecule has 0 fully saturated rings. The topological polar surface area (TPSA) is 102 Å². The summed E-state index contributed by atoms with van der Waals surface area (Å²) in [4.78, 5) is 24.9. The second kappa shape index (κ2) is 6.05. The first-order chi connectivity index (χ1) is 8.02. The fourth-order valence-corrected chi connectivity index (χ4v) is 1.44. The number of rotatable bonds is 5. The van der Waals surface area contributed by atoms with Gasteiger partial charge in [-0.3, -0.25) is 14.6 Å². The number of aliphatic hydroxyl groups is 1. The number of H-pyrrole nitrogens is 1. The highest BCUT2D eigenvalue weighted by atomic mass is 16.3. The molecule has 0 radical (unpaired) electrons. The molecule has 0 saturated heterocycles. The smallest absolute Gasteiger partial charge is 0.251 e. The van der Waals surface area contributed by atoms with Gasteiger partial charge in [0.05, 0.1) is 5.56 Å². The molecule has 1 atom stereocenters. The van der Waals surface area contributed by atoms with Gasteiger partial charge in [-0.1, -0.05) is 0 Å². The lowest BCUT2D eigenvalue weighted by molar-refractivity contribution is 0.0935. The number of carbonyl (C=O) groups is 1. The maximum absolute atomic E-state index is 11.7. The number of carbonyl (C=O) groups excluding carboxylic acids is 1. The van der Waals surface area contributed by atoms with E-state index in [9.17, 15) is 9.59 Å². The predicted octanol–water partition coefficient (Wildman–Crippen LogP) is -0.0287. The maximum Gasteiger partial charge on any atom is 0.251 e. The summed E-state index contributed by atoms with van der Waals surface area (Å²) in [6.07, 6.45) is 1.25. The number of aromatic hydroxyl groups is 1. The summed E-state index contributed by atoms with van der Waals surface area (Å²) >= 11 is 0. The summed E-state index contributed by atoms with van der Waals surface area (Å²) in [6.45, 7) is 1.88. The first kappa shape index (κ1) is 13.2. The van der Waals surface area contributed by atoms with Gasteiger partial charge in [-0.25, -0.2) is 0 Å². The number of amides is 1. The van der Waals surface area contributed by atoms with Crippen LogP contribution in [0.2, 0.25) is 0 Å². The van der Waals surface area contributed by atoms with Crippen molar-refractivity contribution in [2.75, 3.05) is 6.61 Å². The molecule has 1 unspecified atom stereocenters. The molecule has 1 aromatic rings. The van der Waals surface area contributed by atoms with Gasteiger partial charge in [0.1, 0.15) is 0 Å². The molecular weight excluding hydrogens is 224 g/mol. The van der Waals surface area contributed by atoms with Crippen LogP contribution in [0.1, 0.15) is 30.1 Å². The van der Waals surface area contributed by atoms with Crippen molar-refractivity contribution >= 4 is 5.91 Å². The number of aromatic nitrogens is 1. The highest BCUT2D eigenvalue weighted by Gasteiger charge is 2.11. The van der Waals surface area contributed by atoms with Crippen molar-refractivity contribution in [3.63, 3.8) is 0 Å². The van der Waals surface area contributed by atoms with E-state index in [1.807, 2.05) is 0 Å². The summed E-state index contributed by atoms with van der Waals surface area (Å²) in [5.41, 5.74) is -0.416. The van der Waals surface area contributed by atoms with Crippen LogP contribution in [0.15, 0.2) is 16.9 Å². The minimum absolute atomic E-state index is 0.0754. The molecule has 1 heterocycles. The lowest BCUT2D eigenvalue weighted by Gasteiger charge is -2.12. The van der Waals surface area contributed by atoms with Crippen molar-refractivity contribution in [1.82, 2.24) is 10.3 Å². The van der Waals surface area contributed by atoms with Gasteiger partial charge in [-0.05, 0) is 19.8 Å². The minimum atomic E-state index is -0.529. The zero-order valence-electron chi connectivity index (χ0n) is 9.56. The van der Waals surface area contributed by atoms with Crippen LogP contribution in [0.25, 0.3) is 0 Å². The lowest BCUT2D eigenvalue weighted by atomic mass is 10.1. The third-order valence-corrected chi connectivity index (χ3v) is 2.27. The first-order valence-electron chi connectivity index (χ1n) is 5.38. The Bertz CT molecular complexity index is 441. The van der Waals surface area contributed by atoms with Crippen LogP contribution in [0.4, 0.5) is 0 Å². The average Bonchev–Trinajstić information content (AvgIpc) is 2.25. The van der Waals surface area contributed by atoms with Crippen LogP contribution in [0.3, 0.4) is 0 Å². The second-order valence-corrected chi connectivity index (χ2v) is 3.86. The fraction of sp³-hybridized carbons (Fsp3) is 0.455. The summed E-state index contributed by atoms with van der Waals surface area (Å²) in [6, 6.07) is 2.21. The summed E-state index contributed by atoms with van der Waals surface area (Å²) in [5.74, 6) is -0.762. The Morgan fingerprint density at radius 1 is 1.53 bits per heavy atom. The Morgan fingerprint density at radius 3 is 2.82 bits per heavy atom. The van der Waals surface area contributed by atoms with E-state index >= 15 is 0 Å². The fourth-order valence-electron chi connectivity index (χ4n) is 1.44. The first-order valence-corrected chi connectivity index (χ1v) is 5.38. The molecule has 6 nitrogen and oxygen atoms in total. The van der Waals surface area contributed by atoms with Gasteiger partial charge in [0, 0.05) is 24.8 Å². The van der Waals surface area contributed by atoms with Crippen molar-refractivity contribution < 1.29 is 15.0 Å². The molecule has 1 amide bonds. The van der Waals surface area contributed by atoms with Crippen LogP contribution in [-0.2, 0) is 0 Å². The van der Waals surface area contributed by atoms with E-state index in [0.29, 0.717) is 12.8 Å². The molecule has 6 heteroatoms. The Labute approximate surface area is 98.3 Å². The highest BCUT2D eigenvalue weighted by molar-refractivity contribution is 5.94. The van der Waals surface area contributed by atoms with Gasteiger partial charge in [0.15, 0.2) is 5.88 Å². The average molecular weight is 240 g/mol. The molecular formula is C11H16N2O4. The molecule has 0 aliphatic carbocycles. The molecule has 0 spiro atoms. The van der Waals surface area contributed by atoms with Crippen molar-refractivity contribution in [3.05, 3.63) is 28.0 Å². The summed E-state index contributed by atoms with van der Waals surface area (Å²) in [7, 11) is 0. The van der Waals surface area contributed by atoms with Crippen molar-refractivity contribution in [2.45, 2.75) is 25.8 Å². The summed E-state index contributed by atoms with van der Waals surface area (Å²) < 4.78 is 0. The van der Waals surface area contributed by atoms with Crippen LogP contribution in [-0.4, -0.2) is 33.8 Å². The normalized spacial score (nSPS) is 12.1. The second-order valence-electron chi connectivity index (χ2n) is 3.86.